The highest BCUT2D eigenvalue weighted by molar-refractivity contribution is 5.37. The molecule has 1 atom stereocenters. The van der Waals surface area contributed by atoms with E-state index in [9.17, 15) is 5.11 Å². The first-order valence-corrected chi connectivity index (χ1v) is 8.81. The van der Waals surface area contributed by atoms with Crippen LogP contribution in [0.4, 0.5) is 0 Å². The summed E-state index contributed by atoms with van der Waals surface area (Å²) in [6, 6.07) is 16.6. The molecule has 2 aromatic heterocycles. The Bertz CT molecular complexity index is 1050. The van der Waals surface area contributed by atoms with Crippen LogP contribution in [0.25, 0.3) is 11.4 Å². The molecule has 2 heterocycles. The van der Waals surface area contributed by atoms with Gasteiger partial charge in [-0.1, -0.05) is 18.2 Å². The predicted molar refractivity (Wildman–Crippen MR) is 99.5 cm³/mol. The minimum Gasteiger partial charge on any atom is -0.497 e. The molecular weight excluding hydrogens is 376 g/mol. The van der Waals surface area contributed by atoms with E-state index in [4.69, 9.17) is 9.47 Å². The van der Waals surface area contributed by atoms with Gasteiger partial charge in [0.2, 0.25) is 12.1 Å². The van der Waals surface area contributed by atoms with Crippen LogP contribution < -0.4 is 4.74 Å². The summed E-state index contributed by atoms with van der Waals surface area (Å²) in [5.74, 6) is 1.48. The maximum absolute atomic E-state index is 10.4. The van der Waals surface area contributed by atoms with Crippen LogP contribution in [0.15, 0.2) is 54.6 Å². The molecule has 0 saturated heterocycles. The average Bonchev–Trinajstić information content (AvgIpc) is 3.44. The van der Waals surface area contributed by atoms with Crippen LogP contribution in [0.3, 0.4) is 0 Å². The van der Waals surface area contributed by atoms with Crippen molar-refractivity contribution in [2.24, 2.45) is 0 Å². The van der Waals surface area contributed by atoms with Gasteiger partial charge >= 0.3 is 0 Å². The van der Waals surface area contributed by atoms with E-state index in [1.165, 1.54) is 4.68 Å². The fourth-order valence-corrected chi connectivity index (χ4v) is 2.72. The maximum Gasteiger partial charge on any atom is 0.218 e. The fourth-order valence-electron chi connectivity index (χ4n) is 2.72. The number of tetrazole rings is 2. The van der Waals surface area contributed by atoms with Crippen molar-refractivity contribution in [3.8, 4) is 17.1 Å². The Hall–Kier alpha value is -3.70. The molecule has 29 heavy (non-hydrogen) atoms. The minimum absolute atomic E-state index is 0.165. The van der Waals surface area contributed by atoms with Crippen molar-refractivity contribution in [2.45, 2.75) is 12.7 Å². The van der Waals surface area contributed by atoms with Crippen molar-refractivity contribution < 1.29 is 14.6 Å². The summed E-state index contributed by atoms with van der Waals surface area (Å²) in [4.78, 5) is 0. The Morgan fingerprint density at radius 3 is 2.34 bits per heavy atom. The molecule has 1 N–H and O–H groups in total. The molecule has 0 fully saturated rings. The Kier molecular flexibility index (Phi) is 5.49. The first-order chi connectivity index (χ1) is 14.3. The lowest BCUT2D eigenvalue weighted by atomic mass is 10.3. The summed E-state index contributed by atoms with van der Waals surface area (Å²) in [7, 11) is 1.59. The number of aromatic nitrogens is 8. The number of nitrogens with zero attached hydrogens (tertiary/aromatic N) is 8. The number of ether oxygens (including phenoxy) is 2. The maximum atomic E-state index is 10.4. The minimum atomic E-state index is -1.31. The number of hydrogen-bond acceptors (Lipinski definition) is 9. The van der Waals surface area contributed by atoms with Crippen LogP contribution in [0, 0.1) is 0 Å². The van der Waals surface area contributed by atoms with E-state index < -0.39 is 6.29 Å². The van der Waals surface area contributed by atoms with Crippen molar-refractivity contribution in [2.75, 3.05) is 13.7 Å². The molecule has 11 nitrogen and oxygen atoms in total. The molecular formula is C18H18N8O3. The fraction of sp³-hybridized carbons (Fsp3) is 0.222. The first kappa shape index (κ1) is 18.7. The lowest BCUT2D eigenvalue weighted by Gasteiger charge is -2.12. The smallest absolute Gasteiger partial charge is 0.218 e. The molecule has 11 heteroatoms. The lowest BCUT2D eigenvalue weighted by molar-refractivity contribution is -0.109. The number of aliphatic hydroxyl groups excluding tert-OH is 1. The summed E-state index contributed by atoms with van der Waals surface area (Å²) in [5, 5.41) is 33.5. The number of para-hydroxylation sites is 1. The van der Waals surface area contributed by atoms with E-state index in [2.05, 4.69) is 31.1 Å². The molecule has 148 valence electrons. The van der Waals surface area contributed by atoms with Gasteiger partial charge in [0, 0.05) is 6.42 Å². The van der Waals surface area contributed by atoms with Gasteiger partial charge in [0.1, 0.15) is 5.75 Å². The van der Waals surface area contributed by atoms with Crippen LogP contribution in [-0.4, -0.2) is 59.2 Å². The Morgan fingerprint density at radius 1 is 0.897 bits per heavy atom. The third kappa shape index (κ3) is 4.10. The van der Waals surface area contributed by atoms with Crippen LogP contribution in [0.5, 0.6) is 5.75 Å². The molecule has 0 radical (unpaired) electrons. The summed E-state index contributed by atoms with van der Waals surface area (Å²) in [5.41, 5.74) is 1.51. The molecule has 0 aliphatic carbocycles. The van der Waals surface area contributed by atoms with Crippen LogP contribution >= 0.6 is 0 Å². The Balaban J connectivity index is 1.41. The van der Waals surface area contributed by atoms with Crippen molar-refractivity contribution in [1.29, 1.82) is 0 Å². The van der Waals surface area contributed by atoms with Gasteiger partial charge in [-0.2, -0.15) is 9.36 Å². The van der Waals surface area contributed by atoms with Crippen LogP contribution in [0.2, 0.25) is 0 Å². The molecule has 4 rings (SSSR count). The van der Waals surface area contributed by atoms with Crippen molar-refractivity contribution in [3.63, 3.8) is 0 Å². The number of benzene rings is 2. The van der Waals surface area contributed by atoms with Crippen LogP contribution in [-0.2, 0) is 11.2 Å². The standard InChI is InChI=1S/C18H18N8O3/c1-28-15-9-7-14(8-10-15)26-17(20-22-24-26)18(27)29-12-11-16-19-21-23-25(16)13-5-3-2-4-6-13/h2-10,18,27H,11-12H2,1H3. The summed E-state index contributed by atoms with van der Waals surface area (Å²) in [6.07, 6.45) is -0.920. The average molecular weight is 394 g/mol. The first-order valence-electron chi connectivity index (χ1n) is 8.81. The molecule has 0 spiro atoms. The molecule has 0 bridgehead atoms. The molecule has 0 saturated carbocycles. The third-order valence-electron chi connectivity index (χ3n) is 4.17. The molecule has 4 aromatic rings. The molecule has 0 aliphatic rings. The summed E-state index contributed by atoms with van der Waals surface area (Å²) in [6.45, 7) is 0.170. The van der Waals surface area contributed by atoms with Crippen molar-refractivity contribution >= 4 is 0 Å². The second-order valence-corrected chi connectivity index (χ2v) is 5.96. The monoisotopic (exact) mass is 394 g/mol. The molecule has 0 aliphatic heterocycles. The Morgan fingerprint density at radius 2 is 1.59 bits per heavy atom. The van der Waals surface area contributed by atoms with Gasteiger partial charge in [0.05, 0.1) is 25.1 Å². The number of methoxy groups -OCH3 is 1. The second kappa shape index (κ2) is 8.54. The SMILES string of the molecule is COc1ccc(-n2nnnc2C(O)OCCc2nnnn2-c2ccccc2)cc1. The zero-order valence-corrected chi connectivity index (χ0v) is 15.5. The van der Waals surface area contributed by atoms with E-state index in [0.29, 0.717) is 23.7 Å². The van der Waals surface area contributed by atoms with Gasteiger partial charge in [-0.25, -0.2) is 0 Å². The molecule has 1 unspecified atom stereocenters. The van der Waals surface area contributed by atoms with Gasteiger partial charge in [-0.15, -0.1) is 10.2 Å². The highest BCUT2D eigenvalue weighted by Crippen LogP contribution is 2.18. The topological polar surface area (TPSA) is 126 Å². The van der Waals surface area contributed by atoms with E-state index >= 15 is 0 Å². The largest absolute Gasteiger partial charge is 0.497 e. The van der Waals surface area contributed by atoms with E-state index in [1.54, 1.807) is 36.1 Å². The highest BCUT2D eigenvalue weighted by Gasteiger charge is 2.19. The molecule has 2 aromatic carbocycles. The lowest BCUT2D eigenvalue weighted by Crippen LogP contribution is -2.14. The van der Waals surface area contributed by atoms with E-state index in [0.717, 1.165) is 5.69 Å². The second-order valence-electron chi connectivity index (χ2n) is 5.96. The summed E-state index contributed by atoms with van der Waals surface area (Å²) >= 11 is 0. The zero-order chi connectivity index (χ0) is 20.1. The van der Waals surface area contributed by atoms with Crippen molar-refractivity contribution in [1.82, 2.24) is 40.4 Å². The predicted octanol–water partition coefficient (Wildman–Crippen LogP) is 0.897. The number of hydrogen-bond donors (Lipinski definition) is 1. The zero-order valence-electron chi connectivity index (χ0n) is 15.5. The third-order valence-corrected chi connectivity index (χ3v) is 4.17. The van der Waals surface area contributed by atoms with Gasteiger partial charge in [-0.3, -0.25) is 0 Å². The quantitative estimate of drug-likeness (QED) is 0.434. The Labute approximate surface area is 165 Å². The van der Waals surface area contributed by atoms with E-state index in [1.807, 2.05) is 30.3 Å². The van der Waals surface area contributed by atoms with Crippen molar-refractivity contribution in [3.05, 3.63) is 66.2 Å². The van der Waals surface area contributed by atoms with Crippen LogP contribution in [0.1, 0.15) is 17.9 Å². The highest BCUT2D eigenvalue weighted by atomic mass is 16.6. The summed E-state index contributed by atoms with van der Waals surface area (Å²) < 4.78 is 13.7. The van der Waals surface area contributed by atoms with Gasteiger partial charge < -0.3 is 14.6 Å². The number of rotatable bonds is 8. The number of aliphatic hydroxyl groups is 1. The molecule has 0 amide bonds. The van der Waals surface area contributed by atoms with Gasteiger partial charge in [0.25, 0.3) is 0 Å². The van der Waals surface area contributed by atoms with Gasteiger partial charge in [0.15, 0.2) is 5.82 Å². The normalized spacial score (nSPS) is 12.1. The van der Waals surface area contributed by atoms with E-state index in [-0.39, 0.29) is 12.4 Å². The van der Waals surface area contributed by atoms with Gasteiger partial charge in [-0.05, 0) is 57.3 Å².